The van der Waals surface area contributed by atoms with Crippen molar-refractivity contribution < 1.29 is 4.79 Å². The smallest absolute Gasteiger partial charge is 0.254 e. The van der Waals surface area contributed by atoms with Gasteiger partial charge in [-0.3, -0.25) is 4.79 Å². The molecule has 1 unspecified atom stereocenters. The van der Waals surface area contributed by atoms with Crippen LogP contribution in [0.4, 0.5) is 0 Å². The lowest BCUT2D eigenvalue weighted by Crippen LogP contribution is -2.29. The van der Waals surface area contributed by atoms with Crippen molar-refractivity contribution in [1.29, 1.82) is 0 Å². The van der Waals surface area contributed by atoms with Gasteiger partial charge in [0.2, 0.25) is 0 Å². The number of benzene rings is 2. The molecule has 0 saturated heterocycles. The van der Waals surface area contributed by atoms with E-state index in [1.54, 1.807) is 41.5 Å². The summed E-state index contributed by atoms with van der Waals surface area (Å²) in [6.07, 6.45) is 0. The SMILES string of the molecule is CC(c1nc2ccccc2s1)N(C)C(=O)c1cc(Cl)cc(Cl)c1. The topological polar surface area (TPSA) is 33.2 Å². The first-order valence-corrected chi connectivity index (χ1v) is 8.61. The molecule has 3 nitrogen and oxygen atoms in total. The standard InChI is InChI=1S/C17H14Cl2N2OS/c1-10(16-20-14-5-3-4-6-15(14)23-16)21(2)17(22)11-7-12(18)9-13(19)8-11/h3-10H,1-2H3. The fourth-order valence-electron chi connectivity index (χ4n) is 2.29. The minimum absolute atomic E-state index is 0.138. The molecule has 1 atom stereocenters. The summed E-state index contributed by atoms with van der Waals surface area (Å²) in [7, 11) is 1.76. The molecule has 0 aliphatic heterocycles. The summed E-state index contributed by atoms with van der Waals surface area (Å²) in [5.74, 6) is -0.138. The van der Waals surface area contributed by atoms with Crippen molar-refractivity contribution in [3.05, 3.63) is 63.1 Å². The first kappa shape index (κ1) is 16.2. The number of aromatic nitrogens is 1. The second-order valence-corrected chi connectivity index (χ2v) is 7.21. The number of rotatable bonds is 3. The van der Waals surface area contributed by atoms with Gasteiger partial charge in [0.15, 0.2) is 0 Å². The molecule has 1 aromatic heterocycles. The Hall–Kier alpha value is -1.62. The van der Waals surface area contributed by atoms with Crippen LogP contribution in [0, 0.1) is 0 Å². The zero-order valence-corrected chi connectivity index (χ0v) is 14.9. The van der Waals surface area contributed by atoms with Gasteiger partial charge in [-0.15, -0.1) is 11.3 Å². The monoisotopic (exact) mass is 364 g/mol. The third-order valence-corrected chi connectivity index (χ3v) is 5.32. The molecule has 0 aliphatic rings. The van der Waals surface area contributed by atoms with Crippen molar-refractivity contribution >= 4 is 50.7 Å². The predicted molar refractivity (Wildman–Crippen MR) is 96.6 cm³/mol. The minimum atomic E-state index is -0.141. The average Bonchev–Trinajstić information content (AvgIpc) is 2.95. The van der Waals surface area contributed by atoms with E-state index < -0.39 is 0 Å². The van der Waals surface area contributed by atoms with E-state index in [4.69, 9.17) is 23.2 Å². The highest BCUT2D eigenvalue weighted by atomic mass is 35.5. The van der Waals surface area contributed by atoms with Crippen molar-refractivity contribution in [2.45, 2.75) is 13.0 Å². The summed E-state index contributed by atoms with van der Waals surface area (Å²) in [4.78, 5) is 18.9. The molecule has 0 bridgehead atoms. The Morgan fingerprint density at radius 3 is 2.48 bits per heavy atom. The van der Waals surface area contributed by atoms with Gasteiger partial charge in [-0.1, -0.05) is 35.3 Å². The van der Waals surface area contributed by atoms with Gasteiger partial charge in [0.1, 0.15) is 5.01 Å². The van der Waals surface area contributed by atoms with E-state index in [0.717, 1.165) is 15.2 Å². The molecule has 3 rings (SSSR count). The number of halogens is 2. The summed E-state index contributed by atoms with van der Waals surface area (Å²) in [5.41, 5.74) is 1.42. The molecule has 118 valence electrons. The Morgan fingerprint density at radius 2 is 1.83 bits per heavy atom. The molecular formula is C17H14Cl2N2OS. The van der Waals surface area contributed by atoms with Crippen molar-refractivity contribution in [1.82, 2.24) is 9.88 Å². The molecule has 1 amide bonds. The molecule has 0 spiro atoms. The number of hydrogen-bond donors (Lipinski definition) is 0. The fraction of sp³-hybridized carbons (Fsp3) is 0.176. The Balaban J connectivity index is 1.88. The van der Waals surface area contributed by atoms with Crippen LogP contribution < -0.4 is 0 Å². The van der Waals surface area contributed by atoms with Gasteiger partial charge in [-0.2, -0.15) is 0 Å². The first-order chi connectivity index (χ1) is 11.0. The zero-order valence-electron chi connectivity index (χ0n) is 12.6. The van der Waals surface area contributed by atoms with Crippen LogP contribution in [0.25, 0.3) is 10.2 Å². The summed E-state index contributed by atoms with van der Waals surface area (Å²) in [5, 5.41) is 1.79. The second-order valence-electron chi connectivity index (χ2n) is 5.27. The molecule has 3 aromatic rings. The maximum absolute atomic E-state index is 12.7. The Labute approximate surface area is 148 Å². The Bertz CT molecular complexity index is 825. The van der Waals surface area contributed by atoms with Crippen molar-refractivity contribution in [3.8, 4) is 0 Å². The third-order valence-electron chi connectivity index (χ3n) is 3.68. The van der Waals surface area contributed by atoms with Gasteiger partial charge >= 0.3 is 0 Å². The molecule has 2 aromatic carbocycles. The molecule has 23 heavy (non-hydrogen) atoms. The van der Waals surface area contributed by atoms with Crippen molar-refractivity contribution in [2.24, 2.45) is 0 Å². The van der Waals surface area contributed by atoms with Gasteiger partial charge in [0.05, 0.1) is 16.3 Å². The van der Waals surface area contributed by atoms with Gasteiger partial charge in [0, 0.05) is 22.7 Å². The number of nitrogens with zero attached hydrogens (tertiary/aromatic N) is 2. The van der Waals surface area contributed by atoms with Gasteiger partial charge < -0.3 is 4.90 Å². The minimum Gasteiger partial charge on any atom is -0.333 e. The lowest BCUT2D eigenvalue weighted by molar-refractivity contribution is 0.0742. The Kier molecular flexibility index (Phi) is 4.57. The van der Waals surface area contributed by atoms with Crippen molar-refractivity contribution in [3.63, 3.8) is 0 Å². The highest BCUT2D eigenvalue weighted by Crippen LogP contribution is 2.30. The van der Waals surface area contributed by atoms with Crippen LogP contribution in [0.3, 0.4) is 0 Å². The molecule has 0 radical (unpaired) electrons. The summed E-state index contributed by atoms with van der Waals surface area (Å²) in [6, 6.07) is 12.7. The largest absolute Gasteiger partial charge is 0.333 e. The van der Waals surface area contributed by atoms with Crippen LogP contribution in [0.2, 0.25) is 10.0 Å². The van der Waals surface area contributed by atoms with Crippen LogP contribution in [0.15, 0.2) is 42.5 Å². The fourth-order valence-corrected chi connectivity index (χ4v) is 3.88. The van der Waals surface area contributed by atoms with E-state index in [0.29, 0.717) is 15.6 Å². The summed E-state index contributed by atoms with van der Waals surface area (Å²) >= 11 is 13.6. The number of para-hydroxylation sites is 1. The highest BCUT2D eigenvalue weighted by Gasteiger charge is 2.22. The number of carbonyl (C=O) groups excluding carboxylic acids is 1. The number of thiazole rings is 1. The Morgan fingerprint density at radius 1 is 1.17 bits per heavy atom. The maximum Gasteiger partial charge on any atom is 0.254 e. The van der Waals surface area contributed by atoms with Gasteiger partial charge in [0.25, 0.3) is 5.91 Å². The molecule has 1 heterocycles. The van der Waals surface area contributed by atoms with Crippen molar-refractivity contribution in [2.75, 3.05) is 7.05 Å². The number of hydrogen-bond acceptors (Lipinski definition) is 3. The zero-order chi connectivity index (χ0) is 16.6. The average molecular weight is 365 g/mol. The predicted octanol–water partition coefficient (Wildman–Crippen LogP) is 5.44. The van der Waals surface area contributed by atoms with Crippen LogP contribution in [0.1, 0.15) is 28.3 Å². The molecule has 0 fully saturated rings. The van der Waals surface area contributed by atoms with E-state index in [9.17, 15) is 4.79 Å². The molecule has 0 saturated carbocycles. The molecule has 0 aliphatic carbocycles. The number of amides is 1. The molecule has 0 N–H and O–H groups in total. The van der Waals surface area contributed by atoms with Crippen LogP contribution >= 0.6 is 34.5 Å². The summed E-state index contributed by atoms with van der Waals surface area (Å²) in [6.45, 7) is 1.96. The molecule has 6 heteroatoms. The van der Waals surface area contributed by atoms with Crippen LogP contribution in [-0.4, -0.2) is 22.8 Å². The quantitative estimate of drug-likeness (QED) is 0.620. The molecular weight excluding hydrogens is 351 g/mol. The van der Waals surface area contributed by atoms with Gasteiger partial charge in [-0.05, 0) is 37.3 Å². The van der Waals surface area contributed by atoms with E-state index in [-0.39, 0.29) is 11.9 Å². The summed E-state index contributed by atoms with van der Waals surface area (Å²) < 4.78 is 1.11. The normalized spacial score (nSPS) is 12.3. The third kappa shape index (κ3) is 3.34. The number of carbonyl (C=O) groups is 1. The van der Waals surface area contributed by atoms with E-state index >= 15 is 0 Å². The number of fused-ring (bicyclic) bond motifs is 1. The van der Waals surface area contributed by atoms with E-state index in [1.165, 1.54) is 0 Å². The lowest BCUT2D eigenvalue weighted by Gasteiger charge is -2.23. The maximum atomic E-state index is 12.7. The highest BCUT2D eigenvalue weighted by molar-refractivity contribution is 7.18. The lowest BCUT2D eigenvalue weighted by atomic mass is 10.2. The van der Waals surface area contributed by atoms with Gasteiger partial charge in [-0.25, -0.2) is 4.98 Å². The van der Waals surface area contributed by atoms with E-state index in [1.807, 2.05) is 31.2 Å². The second kappa shape index (κ2) is 6.48. The van der Waals surface area contributed by atoms with E-state index in [2.05, 4.69) is 4.98 Å². The first-order valence-electron chi connectivity index (χ1n) is 7.04. The van der Waals surface area contributed by atoms with Crippen LogP contribution in [-0.2, 0) is 0 Å². The van der Waals surface area contributed by atoms with Crippen LogP contribution in [0.5, 0.6) is 0 Å².